The second kappa shape index (κ2) is 8.72. The standard InChI is InChI=1S/C19H22N4O6/c1-12-11-17(21-29-12)20-18(24)13(2)28-19(25)14-7-9-22(10-8-14)15-5-3-4-6-16(15)23(26)27/h3-6,11,13-14H,7-10H2,1-2H3,(H,20,21,24)/t13-/m0/s1. The summed E-state index contributed by atoms with van der Waals surface area (Å²) in [5.41, 5.74) is 0.585. The Morgan fingerprint density at radius 3 is 2.66 bits per heavy atom. The number of amides is 1. The number of nitro groups is 1. The van der Waals surface area contributed by atoms with Crippen molar-refractivity contribution in [2.75, 3.05) is 23.3 Å². The molecule has 1 fully saturated rings. The van der Waals surface area contributed by atoms with Crippen LogP contribution in [0.3, 0.4) is 0 Å². The van der Waals surface area contributed by atoms with Crippen LogP contribution in [0.5, 0.6) is 0 Å². The van der Waals surface area contributed by atoms with E-state index in [1.54, 1.807) is 31.2 Å². The summed E-state index contributed by atoms with van der Waals surface area (Å²) in [5.74, 6) is -0.503. The number of piperidine rings is 1. The van der Waals surface area contributed by atoms with Crippen LogP contribution >= 0.6 is 0 Å². The minimum Gasteiger partial charge on any atom is -0.452 e. The number of esters is 1. The molecule has 1 atom stereocenters. The molecule has 10 heteroatoms. The van der Waals surface area contributed by atoms with Crippen molar-refractivity contribution in [2.45, 2.75) is 32.8 Å². The van der Waals surface area contributed by atoms with Gasteiger partial charge in [0.05, 0.1) is 10.8 Å². The number of ether oxygens (including phenoxy) is 1. The Hall–Kier alpha value is -3.43. The Bertz CT molecular complexity index is 904. The molecule has 2 aromatic rings. The number of nitrogens with one attached hydrogen (secondary N) is 1. The molecular weight excluding hydrogens is 380 g/mol. The summed E-state index contributed by atoms with van der Waals surface area (Å²) in [5, 5.41) is 17.4. The van der Waals surface area contributed by atoms with Gasteiger partial charge in [-0.3, -0.25) is 19.7 Å². The molecule has 1 aliphatic heterocycles. The lowest BCUT2D eigenvalue weighted by Gasteiger charge is -2.32. The van der Waals surface area contributed by atoms with E-state index < -0.39 is 22.9 Å². The number of carbonyl (C=O) groups is 2. The molecule has 1 saturated heterocycles. The van der Waals surface area contributed by atoms with Crippen LogP contribution in [-0.4, -0.2) is 41.1 Å². The predicted octanol–water partition coefficient (Wildman–Crippen LogP) is 2.68. The summed E-state index contributed by atoms with van der Waals surface area (Å²) in [4.78, 5) is 37.3. The molecule has 0 saturated carbocycles. The van der Waals surface area contributed by atoms with Crippen LogP contribution < -0.4 is 10.2 Å². The van der Waals surface area contributed by atoms with Crippen molar-refractivity contribution in [3.05, 3.63) is 46.2 Å². The van der Waals surface area contributed by atoms with Crippen LogP contribution in [-0.2, 0) is 14.3 Å². The Morgan fingerprint density at radius 1 is 1.34 bits per heavy atom. The highest BCUT2D eigenvalue weighted by atomic mass is 16.6. The smallest absolute Gasteiger partial charge is 0.309 e. The summed E-state index contributed by atoms with van der Waals surface area (Å²) in [6.45, 7) is 4.16. The zero-order valence-corrected chi connectivity index (χ0v) is 16.2. The summed E-state index contributed by atoms with van der Waals surface area (Å²) in [6.07, 6.45) is -0.00334. The maximum absolute atomic E-state index is 12.4. The third-order valence-corrected chi connectivity index (χ3v) is 4.79. The number of nitro benzene ring substituents is 1. The molecule has 1 aliphatic rings. The van der Waals surface area contributed by atoms with E-state index in [0.29, 0.717) is 37.4 Å². The summed E-state index contributed by atoms with van der Waals surface area (Å²) < 4.78 is 10.2. The second-order valence-electron chi connectivity index (χ2n) is 6.90. The van der Waals surface area contributed by atoms with E-state index >= 15 is 0 Å². The molecule has 1 aromatic heterocycles. The fourth-order valence-corrected chi connectivity index (χ4v) is 3.22. The first-order chi connectivity index (χ1) is 13.8. The van der Waals surface area contributed by atoms with E-state index in [1.807, 2.05) is 4.90 Å². The number of hydrogen-bond donors (Lipinski definition) is 1. The van der Waals surface area contributed by atoms with E-state index in [4.69, 9.17) is 9.26 Å². The summed E-state index contributed by atoms with van der Waals surface area (Å²) in [6, 6.07) is 8.10. The van der Waals surface area contributed by atoms with Gasteiger partial charge in [-0.05, 0) is 32.8 Å². The molecule has 154 valence electrons. The number of para-hydroxylation sites is 2. The van der Waals surface area contributed by atoms with Crippen molar-refractivity contribution >= 4 is 29.1 Å². The second-order valence-corrected chi connectivity index (χ2v) is 6.90. The monoisotopic (exact) mass is 402 g/mol. The van der Waals surface area contributed by atoms with Gasteiger partial charge in [-0.2, -0.15) is 0 Å². The van der Waals surface area contributed by atoms with Gasteiger partial charge in [0.2, 0.25) is 0 Å². The number of benzene rings is 1. The van der Waals surface area contributed by atoms with E-state index in [9.17, 15) is 19.7 Å². The zero-order chi connectivity index (χ0) is 21.0. The Labute approximate surface area is 166 Å². The van der Waals surface area contributed by atoms with Gasteiger partial charge in [0.15, 0.2) is 11.9 Å². The van der Waals surface area contributed by atoms with Crippen LogP contribution in [0.15, 0.2) is 34.9 Å². The molecule has 3 rings (SSSR count). The van der Waals surface area contributed by atoms with Crippen molar-refractivity contribution in [3.63, 3.8) is 0 Å². The lowest BCUT2D eigenvalue weighted by Crippen LogP contribution is -2.39. The van der Waals surface area contributed by atoms with Crippen LogP contribution in [0.1, 0.15) is 25.5 Å². The summed E-state index contributed by atoms with van der Waals surface area (Å²) >= 11 is 0. The quantitative estimate of drug-likeness (QED) is 0.444. The first-order valence-corrected chi connectivity index (χ1v) is 9.28. The maximum atomic E-state index is 12.4. The third-order valence-electron chi connectivity index (χ3n) is 4.79. The minimum absolute atomic E-state index is 0.0434. The molecular formula is C19H22N4O6. The lowest BCUT2D eigenvalue weighted by molar-refractivity contribution is -0.384. The molecule has 29 heavy (non-hydrogen) atoms. The number of aryl methyl sites for hydroxylation is 1. The van der Waals surface area contributed by atoms with Crippen molar-refractivity contribution in [1.29, 1.82) is 0 Å². The fraction of sp³-hybridized carbons (Fsp3) is 0.421. The molecule has 2 heterocycles. The highest BCUT2D eigenvalue weighted by molar-refractivity contribution is 5.94. The highest BCUT2D eigenvalue weighted by Gasteiger charge is 2.31. The molecule has 1 aromatic carbocycles. The lowest BCUT2D eigenvalue weighted by atomic mass is 9.96. The normalized spacial score (nSPS) is 15.6. The van der Waals surface area contributed by atoms with E-state index in [1.165, 1.54) is 13.0 Å². The molecule has 0 spiro atoms. The number of aromatic nitrogens is 1. The van der Waals surface area contributed by atoms with Gasteiger partial charge < -0.3 is 19.5 Å². The molecule has 0 unspecified atom stereocenters. The van der Waals surface area contributed by atoms with Crippen LogP contribution in [0.25, 0.3) is 0 Å². The largest absolute Gasteiger partial charge is 0.452 e. The predicted molar refractivity (Wildman–Crippen MR) is 103 cm³/mol. The average molecular weight is 402 g/mol. The number of carbonyl (C=O) groups excluding carboxylic acids is 2. The first-order valence-electron chi connectivity index (χ1n) is 9.28. The van der Waals surface area contributed by atoms with Crippen molar-refractivity contribution in [2.24, 2.45) is 5.92 Å². The van der Waals surface area contributed by atoms with E-state index in [2.05, 4.69) is 10.5 Å². The van der Waals surface area contributed by atoms with Gasteiger partial charge in [-0.25, -0.2) is 0 Å². The fourth-order valence-electron chi connectivity index (χ4n) is 3.22. The molecule has 0 bridgehead atoms. The van der Waals surface area contributed by atoms with Gasteiger partial charge in [-0.15, -0.1) is 0 Å². The molecule has 1 N–H and O–H groups in total. The summed E-state index contributed by atoms with van der Waals surface area (Å²) in [7, 11) is 0. The Kier molecular flexibility index (Phi) is 6.10. The van der Waals surface area contributed by atoms with Gasteiger partial charge >= 0.3 is 5.97 Å². The molecule has 0 aliphatic carbocycles. The van der Waals surface area contributed by atoms with E-state index in [0.717, 1.165) is 0 Å². The van der Waals surface area contributed by atoms with Gasteiger partial charge in [0, 0.05) is 25.2 Å². The Morgan fingerprint density at radius 2 is 2.03 bits per heavy atom. The highest BCUT2D eigenvalue weighted by Crippen LogP contribution is 2.31. The number of rotatable bonds is 6. The number of hydrogen-bond acceptors (Lipinski definition) is 8. The van der Waals surface area contributed by atoms with Crippen molar-refractivity contribution < 1.29 is 23.8 Å². The first kappa shape index (κ1) is 20.3. The van der Waals surface area contributed by atoms with Crippen LogP contribution in [0.4, 0.5) is 17.2 Å². The van der Waals surface area contributed by atoms with Gasteiger partial charge in [-0.1, -0.05) is 17.3 Å². The topological polar surface area (TPSA) is 128 Å². The Balaban J connectivity index is 1.52. The van der Waals surface area contributed by atoms with Gasteiger partial charge in [0.25, 0.3) is 11.6 Å². The van der Waals surface area contributed by atoms with Crippen molar-refractivity contribution in [3.8, 4) is 0 Å². The van der Waals surface area contributed by atoms with Gasteiger partial charge in [0.1, 0.15) is 11.4 Å². The molecule has 0 radical (unpaired) electrons. The molecule has 10 nitrogen and oxygen atoms in total. The zero-order valence-electron chi connectivity index (χ0n) is 16.2. The maximum Gasteiger partial charge on any atom is 0.309 e. The van der Waals surface area contributed by atoms with E-state index in [-0.39, 0.29) is 17.4 Å². The van der Waals surface area contributed by atoms with Crippen molar-refractivity contribution in [1.82, 2.24) is 5.16 Å². The third kappa shape index (κ3) is 4.89. The van der Waals surface area contributed by atoms with Crippen LogP contribution in [0, 0.1) is 23.0 Å². The SMILES string of the molecule is Cc1cc(NC(=O)[C@H](C)OC(=O)C2CCN(c3ccccc3[N+](=O)[O-])CC2)no1. The number of nitrogens with zero attached hydrogens (tertiary/aromatic N) is 3. The minimum atomic E-state index is -0.979. The molecule has 1 amide bonds. The number of anilines is 2. The average Bonchev–Trinajstić information content (AvgIpc) is 3.12. The van der Waals surface area contributed by atoms with Crippen LogP contribution in [0.2, 0.25) is 0 Å².